The van der Waals surface area contributed by atoms with Crippen molar-refractivity contribution in [3.8, 4) is 0 Å². The van der Waals surface area contributed by atoms with Gasteiger partial charge in [0.2, 0.25) is 11.8 Å². The summed E-state index contributed by atoms with van der Waals surface area (Å²) in [5.41, 5.74) is 2.64. The molecule has 2 amide bonds. The predicted molar refractivity (Wildman–Crippen MR) is 113 cm³/mol. The number of amides is 2. The third-order valence-corrected chi connectivity index (χ3v) is 5.29. The zero-order valence-corrected chi connectivity index (χ0v) is 16.6. The Hall–Kier alpha value is -3.35. The number of aryl methyl sites for hydroxylation is 1. The number of para-hydroxylation sites is 4. The van der Waals surface area contributed by atoms with Gasteiger partial charge in [-0.25, -0.2) is 4.79 Å². The van der Waals surface area contributed by atoms with E-state index in [0.29, 0.717) is 17.9 Å². The van der Waals surface area contributed by atoms with Crippen LogP contribution in [0.25, 0.3) is 11.0 Å². The van der Waals surface area contributed by atoms with Crippen molar-refractivity contribution in [3.05, 3.63) is 59.0 Å². The molecule has 1 aliphatic rings. The highest BCUT2D eigenvalue weighted by Gasteiger charge is 2.30. The molecule has 0 radical (unpaired) electrons. The van der Waals surface area contributed by atoms with Gasteiger partial charge in [0.15, 0.2) is 0 Å². The number of carbonyl (C=O) groups excluding carboxylic acids is 2. The van der Waals surface area contributed by atoms with E-state index in [0.717, 1.165) is 17.5 Å². The molecular weight excluding hydrogens is 368 g/mol. The monoisotopic (exact) mass is 392 g/mol. The Bertz CT molecular complexity index is 1140. The Balaban J connectivity index is 1.76. The summed E-state index contributed by atoms with van der Waals surface area (Å²) in [6, 6.07) is 14.5. The average molecular weight is 392 g/mol. The minimum Gasteiger partial charge on any atom is -0.324 e. The second-order valence-corrected chi connectivity index (χ2v) is 7.39. The zero-order chi connectivity index (χ0) is 20.5. The van der Waals surface area contributed by atoms with E-state index in [-0.39, 0.29) is 36.5 Å². The van der Waals surface area contributed by atoms with E-state index in [2.05, 4.69) is 5.32 Å². The van der Waals surface area contributed by atoms with E-state index < -0.39 is 0 Å². The third-order valence-electron chi connectivity index (χ3n) is 5.29. The van der Waals surface area contributed by atoms with Gasteiger partial charge in [-0.15, -0.1) is 0 Å². The van der Waals surface area contributed by atoms with Gasteiger partial charge in [0.05, 0.1) is 22.4 Å². The van der Waals surface area contributed by atoms with Gasteiger partial charge in [-0.05, 0) is 37.6 Å². The summed E-state index contributed by atoms with van der Waals surface area (Å²) in [7, 11) is 0. The Labute approximate surface area is 168 Å². The van der Waals surface area contributed by atoms with E-state index in [4.69, 9.17) is 0 Å². The minimum absolute atomic E-state index is 0.0804. The molecular formula is C22H24N4O3. The number of hydrogen-bond acceptors (Lipinski definition) is 3. The molecule has 29 heavy (non-hydrogen) atoms. The third kappa shape index (κ3) is 3.33. The average Bonchev–Trinajstić information content (AvgIpc) is 2.87. The molecule has 1 atom stereocenters. The molecule has 1 aliphatic heterocycles. The van der Waals surface area contributed by atoms with Crippen molar-refractivity contribution in [3.63, 3.8) is 0 Å². The number of benzene rings is 2. The summed E-state index contributed by atoms with van der Waals surface area (Å²) in [4.78, 5) is 40.2. The number of carbonyl (C=O) groups is 2. The van der Waals surface area contributed by atoms with Crippen LogP contribution in [-0.2, 0) is 22.7 Å². The van der Waals surface area contributed by atoms with Gasteiger partial charge in [-0.2, -0.15) is 0 Å². The van der Waals surface area contributed by atoms with Gasteiger partial charge < -0.3 is 10.2 Å². The van der Waals surface area contributed by atoms with Crippen molar-refractivity contribution in [2.75, 3.05) is 10.2 Å². The molecule has 1 aromatic heterocycles. The van der Waals surface area contributed by atoms with Gasteiger partial charge in [0, 0.05) is 19.0 Å². The Morgan fingerprint density at radius 2 is 1.69 bits per heavy atom. The first kappa shape index (κ1) is 19.0. The fourth-order valence-corrected chi connectivity index (χ4v) is 4.04. The number of imidazole rings is 1. The highest BCUT2D eigenvalue weighted by Crippen LogP contribution is 2.31. The fourth-order valence-electron chi connectivity index (χ4n) is 4.04. The molecule has 2 heterocycles. The van der Waals surface area contributed by atoms with Crippen LogP contribution in [0.3, 0.4) is 0 Å². The highest BCUT2D eigenvalue weighted by molar-refractivity contribution is 6.04. The molecule has 0 fully saturated rings. The van der Waals surface area contributed by atoms with Gasteiger partial charge in [0.1, 0.15) is 6.54 Å². The van der Waals surface area contributed by atoms with Gasteiger partial charge in [0.25, 0.3) is 0 Å². The summed E-state index contributed by atoms with van der Waals surface area (Å²) in [6.45, 7) is 4.39. The van der Waals surface area contributed by atoms with E-state index in [1.165, 1.54) is 4.57 Å². The van der Waals surface area contributed by atoms with Crippen molar-refractivity contribution >= 4 is 34.2 Å². The van der Waals surface area contributed by atoms with Crippen LogP contribution in [-0.4, -0.2) is 27.0 Å². The molecule has 0 saturated heterocycles. The second kappa shape index (κ2) is 7.58. The molecule has 0 aliphatic carbocycles. The van der Waals surface area contributed by atoms with Crippen molar-refractivity contribution in [2.24, 2.45) is 0 Å². The number of anilines is 2. The molecule has 7 nitrogen and oxygen atoms in total. The first-order chi connectivity index (χ1) is 14.0. The van der Waals surface area contributed by atoms with Crippen LogP contribution in [0, 0.1) is 0 Å². The first-order valence-corrected chi connectivity index (χ1v) is 9.90. The Morgan fingerprint density at radius 3 is 2.41 bits per heavy atom. The predicted octanol–water partition coefficient (Wildman–Crippen LogP) is 2.98. The van der Waals surface area contributed by atoms with E-state index in [1.54, 1.807) is 15.5 Å². The SMILES string of the molecule is CCCn1c(=O)n(CC(=O)N2c3ccccc3NC(=O)C[C@H]2C)c2ccccc21. The molecule has 3 aromatic rings. The fraction of sp³-hybridized carbons (Fsp3) is 0.318. The lowest BCUT2D eigenvalue weighted by Crippen LogP contribution is -2.42. The molecule has 0 bridgehead atoms. The largest absolute Gasteiger partial charge is 0.329 e. The summed E-state index contributed by atoms with van der Waals surface area (Å²) in [5.74, 6) is -0.347. The number of rotatable bonds is 4. The van der Waals surface area contributed by atoms with Crippen molar-refractivity contribution < 1.29 is 9.59 Å². The number of aromatic nitrogens is 2. The lowest BCUT2D eigenvalue weighted by molar-refractivity contribution is -0.119. The van der Waals surface area contributed by atoms with Gasteiger partial charge in [-0.1, -0.05) is 31.2 Å². The van der Waals surface area contributed by atoms with Gasteiger partial charge in [-0.3, -0.25) is 18.7 Å². The zero-order valence-electron chi connectivity index (χ0n) is 16.6. The van der Waals surface area contributed by atoms with Crippen molar-refractivity contribution in [1.29, 1.82) is 0 Å². The van der Waals surface area contributed by atoms with Crippen LogP contribution in [0.2, 0.25) is 0 Å². The minimum atomic E-state index is -0.314. The van der Waals surface area contributed by atoms with Crippen LogP contribution in [0.1, 0.15) is 26.7 Å². The maximum absolute atomic E-state index is 13.4. The lowest BCUT2D eigenvalue weighted by Gasteiger charge is -2.28. The smallest absolute Gasteiger partial charge is 0.324 e. The van der Waals surface area contributed by atoms with Crippen molar-refractivity contribution in [1.82, 2.24) is 9.13 Å². The standard InChI is InChI=1S/C22H24N4O3/c1-3-12-24-18-10-6-7-11-19(18)25(22(24)29)14-21(28)26-15(2)13-20(27)23-16-8-4-5-9-17(16)26/h4-11,15H,3,12-14H2,1-2H3,(H,23,27)/t15-/m1/s1. The maximum atomic E-state index is 13.4. The highest BCUT2D eigenvalue weighted by atomic mass is 16.2. The first-order valence-electron chi connectivity index (χ1n) is 9.90. The molecule has 7 heteroatoms. The van der Waals surface area contributed by atoms with Crippen LogP contribution >= 0.6 is 0 Å². The molecule has 0 saturated carbocycles. The van der Waals surface area contributed by atoms with Crippen LogP contribution in [0.15, 0.2) is 53.3 Å². The van der Waals surface area contributed by atoms with E-state index in [1.807, 2.05) is 56.3 Å². The Morgan fingerprint density at radius 1 is 1.03 bits per heavy atom. The van der Waals surface area contributed by atoms with E-state index >= 15 is 0 Å². The van der Waals surface area contributed by atoms with E-state index in [9.17, 15) is 14.4 Å². The van der Waals surface area contributed by atoms with Crippen LogP contribution in [0.4, 0.5) is 11.4 Å². The maximum Gasteiger partial charge on any atom is 0.329 e. The van der Waals surface area contributed by atoms with Crippen molar-refractivity contribution in [2.45, 2.75) is 45.8 Å². The summed E-state index contributed by atoms with van der Waals surface area (Å²) < 4.78 is 3.25. The quantitative estimate of drug-likeness (QED) is 0.742. The molecule has 0 unspecified atom stereocenters. The van der Waals surface area contributed by atoms with Crippen LogP contribution in [0.5, 0.6) is 0 Å². The number of hydrogen-bond donors (Lipinski definition) is 1. The molecule has 4 rings (SSSR count). The van der Waals surface area contributed by atoms with Crippen LogP contribution < -0.4 is 15.9 Å². The Kier molecular flexibility index (Phi) is 4.96. The lowest BCUT2D eigenvalue weighted by atomic mass is 10.1. The molecule has 1 N–H and O–H groups in total. The summed E-state index contributed by atoms with van der Waals surface area (Å²) >= 11 is 0. The van der Waals surface area contributed by atoms with Gasteiger partial charge >= 0.3 is 5.69 Å². The molecule has 0 spiro atoms. The normalized spacial score (nSPS) is 16.4. The second-order valence-electron chi connectivity index (χ2n) is 7.39. The molecule has 2 aromatic carbocycles. The molecule has 150 valence electrons. The number of nitrogens with one attached hydrogen (secondary N) is 1. The summed E-state index contributed by atoms with van der Waals surface area (Å²) in [6.07, 6.45) is 1.03. The topological polar surface area (TPSA) is 76.3 Å². The number of nitrogens with zero attached hydrogens (tertiary/aromatic N) is 3. The number of fused-ring (bicyclic) bond motifs is 2. The summed E-state index contributed by atoms with van der Waals surface area (Å²) in [5, 5.41) is 2.86.